The van der Waals surface area contributed by atoms with Gasteiger partial charge in [0.2, 0.25) is 0 Å². The highest BCUT2D eigenvalue weighted by Gasteiger charge is 2.08. The minimum absolute atomic E-state index is 0.124. The molecule has 0 radical (unpaired) electrons. The molecule has 104 valence electrons. The van der Waals surface area contributed by atoms with Crippen molar-refractivity contribution in [1.82, 2.24) is 5.32 Å². The van der Waals surface area contributed by atoms with E-state index in [0.29, 0.717) is 6.54 Å². The Bertz CT molecular complexity index is 616. The Morgan fingerprint density at radius 2 is 2.00 bits per heavy atom. The van der Waals surface area contributed by atoms with Gasteiger partial charge in [-0.1, -0.05) is 40.2 Å². The first-order valence-corrected chi connectivity index (χ1v) is 7.08. The zero-order chi connectivity index (χ0) is 14.5. The van der Waals surface area contributed by atoms with Crippen LogP contribution in [0.2, 0.25) is 0 Å². The maximum absolute atomic E-state index is 10.7. The second kappa shape index (κ2) is 6.63. The van der Waals surface area contributed by atoms with Gasteiger partial charge < -0.3 is 5.32 Å². The highest BCUT2D eigenvalue weighted by atomic mass is 79.9. The van der Waals surface area contributed by atoms with E-state index in [-0.39, 0.29) is 16.7 Å². The fourth-order valence-corrected chi connectivity index (χ4v) is 2.36. The lowest BCUT2D eigenvalue weighted by molar-refractivity contribution is -0.384. The zero-order valence-corrected chi connectivity index (χ0v) is 12.6. The number of benzene rings is 2. The molecule has 2 rings (SSSR count). The number of hydrogen-bond donors (Lipinski definition) is 1. The molecule has 1 N–H and O–H groups in total. The molecule has 1 unspecified atom stereocenters. The van der Waals surface area contributed by atoms with Crippen LogP contribution in [-0.2, 0) is 6.54 Å². The minimum atomic E-state index is -0.374. The van der Waals surface area contributed by atoms with Gasteiger partial charge in [0.25, 0.3) is 5.69 Å². The molecule has 0 spiro atoms. The number of nitrogens with zero attached hydrogens (tertiary/aromatic N) is 1. The van der Waals surface area contributed by atoms with Gasteiger partial charge in [0.1, 0.15) is 0 Å². The van der Waals surface area contributed by atoms with Crippen LogP contribution < -0.4 is 5.32 Å². The van der Waals surface area contributed by atoms with Crippen LogP contribution in [0.25, 0.3) is 0 Å². The van der Waals surface area contributed by atoms with Gasteiger partial charge in [0, 0.05) is 29.2 Å². The predicted octanol–water partition coefficient (Wildman–Crippen LogP) is 4.21. The molecule has 0 fully saturated rings. The van der Waals surface area contributed by atoms with E-state index < -0.39 is 0 Å². The number of rotatable bonds is 5. The summed E-state index contributed by atoms with van der Waals surface area (Å²) in [4.78, 5) is 10.4. The van der Waals surface area contributed by atoms with Crippen LogP contribution >= 0.6 is 15.9 Å². The second-order valence-corrected chi connectivity index (χ2v) is 5.50. The average Bonchev–Trinajstić information content (AvgIpc) is 2.45. The summed E-state index contributed by atoms with van der Waals surface area (Å²) in [5.41, 5.74) is 2.20. The molecule has 5 heteroatoms. The van der Waals surface area contributed by atoms with Gasteiger partial charge in [-0.25, -0.2) is 0 Å². The van der Waals surface area contributed by atoms with Gasteiger partial charge in [-0.15, -0.1) is 0 Å². The van der Waals surface area contributed by atoms with Gasteiger partial charge in [0.05, 0.1) is 4.92 Å². The summed E-state index contributed by atoms with van der Waals surface area (Å²) < 4.78 is 1.04. The summed E-state index contributed by atoms with van der Waals surface area (Å²) in [6.07, 6.45) is 0. The van der Waals surface area contributed by atoms with Crippen molar-refractivity contribution in [3.63, 3.8) is 0 Å². The molecular formula is C15H15BrN2O2. The fraction of sp³-hybridized carbons (Fsp3) is 0.200. The Labute approximate surface area is 126 Å². The fourth-order valence-electron chi connectivity index (χ4n) is 1.94. The normalized spacial score (nSPS) is 12.1. The van der Waals surface area contributed by atoms with Crippen molar-refractivity contribution < 1.29 is 4.92 Å². The summed E-state index contributed by atoms with van der Waals surface area (Å²) in [5.74, 6) is 0. The Hall–Kier alpha value is -1.72. The number of nitro groups is 1. The van der Waals surface area contributed by atoms with Crippen molar-refractivity contribution in [2.24, 2.45) is 0 Å². The quantitative estimate of drug-likeness (QED) is 0.658. The number of nitro benzene ring substituents is 1. The Balaban J connectivity index is 2.01. The second-order valence-electron chi connectivity index (χ2n) is 4.58. The van der Waals surface area contributed by atoms with E-state index in [0.717, 1.165) is 10.0 Å². The van der Waals surface area contributed by atoms with Crippen LogP contribution in [0.15, 0.2) is 53.0 Å². The molecule has 0 aliphatic heterocycles. The van der Waals surface area contributed by atoms with E-state index in [1.54, 1.807) is 12.1 Å². The maximum atomic E-state index is 10.7. The van der Waals surface area contributed by atoms with E-state index in [2.05, 4.69) is 40.3 Å². The number of non-ortho nitro benzene ring substituents is 1. The molecule has 2 aromatic rings. The first-order chi connectivity index (χ1) is 9.56. The minimum Gasteiger partial charge on any atom is -0.306 e. The van der Waals surface area contributed by atoms with Crippen molar-refractivity contribution in [3.05, 3.63) is 74.2 Å². The standard InChI is InChI=1S/C15H15BrN2O2/c1-11(13-5-3-6-14(16)9-13)17-10-12-4-2-7-15(8-12)18(19)20/h2-9,11,17H,10H2,1H3. The Kier molecular flexibility index (Phi) is 4.87. The average molecular weight is 335 g/mol. The number of hydrogen-bond acceptors (Lipinski definition) is 3. The maximum Gasteiger partial charge on any atom is 0.269 e. The molecule has 0 saturated heterocycles. The topological polar surface area (TPSA) is 55.2 Å². The van der Waals surface area contributed by atoms with Crippen molar-refractivity contribution >= 4 is 21.6 Å². The molecule has 2 aromatic carbocycles. The van der Waals surface area contributed by atoms with Crippen molar-refractivity contribution in [1.29, 1.82) is 0 Å². The molecule has 0 heterocycles. The summed E-state index contributed by atoms with van der Waals surface area (Å²) in [5, 5.41) is 14.1. The highest BCUT2D eigenvalue weighted by Crippen LogP contribution is 2.19. The highest BCUT2D eigenvalue weighted by molar-refractivity contribution is 9.10. The SMILES string of the molecule is CC(NCc1cccc([N+](=O)[O-])c1)c1cccc(Br)c1. The van der Waals surface area contributed by atoms with Crippen LogP contribution in [0.1, 0.15) is 24.1 Å². The molecule has 0 bridgehead atoms. The lowest BCUT2D eigenvalue weighted by atomic mass is 10.1. The van der Waals surface area contributed by atoms with E-state index in [1.807, 2.05) is 18.2 Å². The summed E-state index contributed by atoms with van der Waals surface area (Å²) >= 11 is 3.45. The van der Waals surface area contributed by atoms with Crippen LogP contribution in [0.3, 0.4) is 0 Å². The molecule has 4 nitrogen and oxygen atoms in total. The van der Waals surface area contributed by atoms with Crippen LogP contribution in [-0.4, -0.2) is 4.92 Å². The lowest BCUT2D eigenvalue weighted by Crippen LogP contribution is -2.18. The van der Waals surface area contributed by atoms with Gasteiger partial charge in [-0.3, -0.25) is 10.1 Å². The third kappa shape index (κ3) is 3.88. The van der Waals surface area contributed by atoms with Crippen molar-refractivity contribution in [2.45, 2.75) is 19.5 Å². The zero-order valence-electron chi connectivity index (χ0n) is 11.0. The Morgan fingerprint density at radius 3 is 2.70 bits per heavy atom. The first-order valence-electron chi connectivity index (χ1n) is 6.28. The van der Waals surface area contributed by atoms with Crippen molar-refractivity contribution in [3.8, 4) is 0 Å². The van der Waals surface area contributed by atoms with E-state index >= 15 is 0 Å². The summed E-state index contributed by atoms with van der Waals surface area (Å²) in [6.45, 7) is 2.66. The third-order valence-electron chi connectivity index (χ3n) is 3.08. The van der Waals surface area contributed by atoms with Crippen LogP contribution in [0.5, 0.6) is 0 Å². The van der Waals surface area contributed by atoms with E-state index in [1.165, 1.54) is 11.6 Å². The largest absolute Gasteiger partial charge is 0.306 e. The summed E-state index contributed by atoms with van der Waals surface area (Å²) in [7, 11) is 0. The van der Waals surface area contributed by atoms with Gasteiger partial charge >= 0.3 is 0 Å². The molecule has 20 heavy (non-hydrogen) atoms. The smallest absolute Gasteiger partial charge is 0.269 e. The van der Waals surface area contributed by atoms with Gasteiger partial charge in [-0.05, 0) is 30.2 Å². The molecular weight excluding hydrogens is 320 g/mol. The molecule has 0 aliphatic carbocycles. The van der Waals surface area contributed by atoms with E-state index in [4.69, 9.17) is 0 Å². The molecule has 0 aliphatic rings. The van der Waals surface area contributed by atoms with Crippen LogP contribution in [0, 0.1) is 10.1 Å². The van der Waals surface area contributed by atoms with Gasteiger partial charge in [-0.2, -0.15) is 0 Å². The molecule has 0 aromatic heterocycles. The predicted molar refractivity (Wildman–Crippen MR) is 82.5 cm³/mol. The van der Waals surface area contributed by atoms with Gasteiger partial charge in [0.15, 0.2) is 0 Å². The van der Waals surface area contributed by atoms with Crippen molar-refractivity contribution in [2.75, 3.05) is 0 Å². The first kappa shape index (κ1) is 14.7. The van der Waals surface area contributed by atoms with Crippen LogP contribution in [0.4, 0.5) is 5.69 Å². The summed E-state index contributed by atoms with van der Waals surface area (Å²) in [6, 6.07) is 14.9. The number of nitrogens with one attached hydrogen (secondary N) is 1. The molecule has 0 amide bonds. The molecule has 1 atom stereocenters. The Morgan fingerprint density at radius 1 is 1.25 bits per heavy atom. The monoisotopic (exact) mass is 334 g/mol. The lowest BCUT2D eigenvalue weighted by Gasteiger charge is -2.14. The number of halogens is 1. The van der Waals surface area contributed by atoms with E-state index in [9.17, 15) is 10.1 Å². The molecule has 0 saturated carbocycles. The third-order valence-corrected chi connectivity index (χ3v) is 3.58.